The van der Waals surface area contributed by atoms with Gasteiger partial charge in [-0.15, -0.1) is 0 Å². The molecule has 4 N–H and O–H groups in total. The van der Waals surface area contributed by atoms with Crippen LogP contribution in [0.15, 0.2) is 0 Å². The van der Waals surface area contributed by atoms with Crippen molar-refractivity contribution in [3.05, 3.63) is 0 Å². The summed E-state index contributed by atoms with van der Waals surface area (Å²) in [7, 11) is 0. The van der Waals surface area contributed by atoms with Gasteiger partial charge in [0.25, 0.3) is 0 Å². The van der Waals surface area contributed by atoms with E-state index in [0.717, 1.165) is 19.5 Å². The van der Waals surface area contributed by atoms with Gasteiger partial charge in [-0.2, -0.15) is 0 Å². The lowest BCUT2D eigenvalue weighted by Crippen LogP contribution is -2.47. The van der Waals surface area contributed by atoms with Crippen molar-refractivity contribution < 1.29 is 9.53 Å². The number of rotatable bonds is 7. The van der Waals surface area contributed by atoms with Crippen LogP contribution >= 0.6 is 0 Å². The van der Waals surface area contributed by atoms with Crippen LogP contribution in [0.5, 0.6) is 0 Å². The first-order valence-electron chi connectivity index (χ1n) is 6.66. The summed E-state index contributed by atoms with van der Waals surface area (Å²) in [6.07, 6.45) is 0.582. The molecule has 0 radical (unpaired) electrons. The van der Waals surface area contributed by atoms with Crippen LogP contribution in [0.25, 0.3) is 0 Å². The van der Waals surface area contributed by atoms with Crippen molar-refractivity contribution in [2.45, 2.75) is 52.7 Å². The highest BCUT2D eigenvalue weighted by molar-refractivity contribution is 5.68. The lowest BCUT2D eigenvalue weighted by atomic mass is 10.0. The number of amides is 1. The maximum Gasteiger partial charge on any atom is 0.407 e. The quantitative estimate of drug-likeness (QED) is 0.605. The molecule has 0 aromatic rings. The highest BCUT2D eigenvalue weighted by atomic mass is 16.6. The second-order valence-electron chi connectivity index (χ2n) is 5.84. The molecule has 0 bridgehead atoms. The van der Waals surface area contributed by atoms with E-state index in [1.165, 1.54) is 0 Å². The number of hydrogen-bond donors (Lipinski definition) is 3. The number of carbonyl (C=O) groups excluding carboxylic acids is 1. The van der Waals surface area contributed by atoms with Crippen molar-refractivity contribution in [2.24, 2.45) is 11.7 Å². The average Bonchev–Trinajstić information content (AvgIpc) is 2.19. The molecule has 5 nitrogen and oxygen atoms in total. The molecule has 1 unspecified atom stereocenters. The van der Waals surface area contributed by atoms with Crippen LogP contribution in [-0.2, 0) is 4.74 Å². The summed E-state index contributed by atoms with van der Waals surface area (Å²) in [5.41, 5.74) is 4.97. The van der Waals surface area contributed by atoms with Gasteiger partial charge in [0.1, 0.15) is 5.60 Å². The molecule has 108 valence electrons. The Morgan fingerprint density at radius 3 is 2.39 bits per heavy atom. The Morgan fingerprint density at radius 2 is 1.94 bits per heavy atom. The molecule has 0 spiro atoms. The third kappa shape index (κ3) is 9.24. The predicted molar refractivity (Wildman–Crippen MR) is 74.5 cm³/mol. The van der Waals surface area contributed by atoms with E-state index >= 15 is 0 Å². The van der Waals surface area contributed by atoms with Crippen LogP contribution in [0.2, 0.25) is 0 Å². The topological polar surface area (TPSA) is 76.4 Å². The van der Waals surface area contributed by atoms with Crippen LogP contribution < -0.4 is 16.4 Å². The first-order chi connectivity index (χ1) is 8.26. The van der Waals surface area contributed by atoms with Crippen molar-refractivity contribution in [3.63, 3.8) is 0 Å². The van der Waals surface area contributed by atoms with E-state index in [9.17, 15) is 4.79 Å². The molecule has 0 aliphatic rings. The molecular formula is C13H29N3O2. The number of nitrogens with one attached hydrogen (secondary N) is 2. The van der Waals surface area contributed by atoms with Gasteiger partial charge < -0.3 is 21.1 Å². The minimum Gasteiger partial charge on any atom is -0.444 e. The summed E-state index contributed by atoms with van der Waals surface area (Å²) in [5, 5.41) is 6.18. The van der Waals surface area contributed by atoms with Crippen molar-refractivity contribution in [1.29, 1.82) is 0 Å². The molecule has 1 atom stereocenters. The van der Waals surface area contributed by atoms with Crippen LogP contribution in [-0.4, -0.2) is 37.4 Å². The summed E-state index contributed by atoms with van der Waals surface area (Å²) in [5.74, 6) is 0.350. The van der Waals surface area contributed by atoms with Crippen molar-refractivity contribution >= 4 is 6.09 Å². The Hall–Kier alpha value is -0.810. The molecule has 0 saturated heterocycles. The van der Waals surface area contributed by atoms with Crippen LogP contribution in [0.1, 0.15) is 41.0 Å². The number of ether oxygens (including phenoxy) is 1. The SMILES string of the molecule is CC(C)C(CNCCCN)NC(=O)OC(C)(C)C. The van der Waals surface area contributed by atoms with Gasteiger partial charge in [0.2, 0.25) is 0 Å². The Balaban J connectivity index is 4.07. The molecule has 0 aromatic carbocycles. The molecule has 0 aromatic heterocycles. The summed E-state index contributed by atoms with van der Waals surface area (Å²) in [6.45, 7) is 12.0. The summed E-state index contributed by atoms with van der Waals surface area (Å²) in [6, 6.07) is 0.0672. The Bertz CT molecular complexity index is 237. The zero-order valence-corrected chi connectivity index (χ0v) is 12.4. The van der Waals surface area contributed by atoms with E-state index in [1.54, 1.807) is 0 Å². The monoisotopic (exact) mass is 259 g/mol. The van der Waals surface area contributed by atoms with Gasteiger partial charge in [-0.3, -0.25) is 0 Å². The second-order valence-corrected chi connectivity index (χ2v) is 5.84. The van der Waals surface area contributed by atoms with Gasteiger partial charge in [-0.25, -0.2) is 4.79 Å². The minimum absolute atomic E-state index is 0.0672. The van der Waals surface area contributed by atoms with Gasteiger partial charge >= 0.3 is 6.09 Å². The first-order valence-corrected chi connectivity index (χ1v) is 6.66. The van der Waals surface area contributed by atoms with Crippen LogP contribution in [0.3, 0.4) is 0 Å². The zero-order valence-electron chi connectivity index (χ0n) is 12.4. The zero-order chi connectivity index (χ0) is 14.2. The van der Waals surface area contributed by atoms with E-state index < -0.39 is 5.60 Å². The van der Waals surface area contributed by atoms with Crippen molar-refractivity contribution in [2.75, 3.05) is 19.6 Å². The maximum atomic E-state index is 11.7. The number of alkyl carbamates (subject to hydrolysis) is 1. The van der Waals surface area contributed by atoms with Gasteiger partial charge in [0.05, 0.1) is 0 Å². The van der Waals surface area contributed by atoms with E-state index in [-0.39, 0.29) is 12.1 Å². The van der Waals surface area contributed by atoms with Crippen LogP contribution in [0, 0.1) is 5.92 Å². The molecule has 0 heterocycles. The largest absolute Gasteiger partial charge is 0.444 e. The third-order valence-electron chi connectivity index (χ3n) is 2.43. The van der Waals surface area contributed by atoms with E-state index in [0.29, 0.717) is 12.5 Å². The normalized spacial score (nSPS) is 13.5. The second kappa shape index (κ2) is 8.32. The molecule has 0 aliphatic carbocycles. The minimum atomic E-state index is -0.460. The fourth-order valence-electron chi connectivity index (χ4n) is 1.40. The Morgan fingerprint density at radius 1 is 1.33 bits per heavy atom. The fourth-order valence-corrected chi connectivity index (χ4v) is 1.40. The fraction of sp³-hybridized carbons (Fsp3) is 0.923. The Kier molecular flexibility index (Phi) is 7.95. The molecule has 0 saturated carbocycles. The molecule has 1 amide bonds. The summed E-state index contributed by atoms with van der Waals surface area (Å²) < 4.78 is 5.25. The van der Waals surface area contributed by atoms with Gasteiger partial charge in [0.15, 0.2) is 0 Å². The molecular weight excluding hydrogens is 230 g/mol. The molecule has 0 rings (SSSR count). The van der Waals surface area contributed by atoms with Crippen molar-refractivity contribution in [1.82, 2.24) is 10.6 Å². The lowest BCUT2D eigenvalue weighted by Gasteiger charge is -2.26. The molecule has 18 heavy (non-hydrogen) atoms. The van der Waals surface area contributed by atoms with E-state index in [1.807, 2.05) is 20.8 Å². The average molecular weight is 259 g/mol. The van der Waals surface area contributed by atoms with Gasteiger partial charge in [0, 0.05) is 12.6 Å². The first kappa shape index (κ1) is 17.2. The van der Waals surface area contributed by atoms with Crippen molar-refractivity contribution in [3.8, 4) is 0 Å². The predicted octanol–water partition coefficient (Wildman–Crippen LogP) is 1.47. The van der Waals surface area contributed by atoms with Gasteiger partial charge in [-0.1, -0.05) is 13.8 Å². The Labute approximate surface area is 111 Å². The van der Waals surface area contributed by atoms with Gasteiger partial charge in [-0.05, 0) is 46.2 Å². The molecule has 0 aliphatic heterocycles. The van der Waals surface area contributed by atoms with E-state index in [4.69, 9.17) is 10.5 Å². The molecule has 0 fully saturated rings. The van der Waals surface area contributed by atoms with Crippen LogP contribution in [0.4, 0.5) is 4.79 Å². The maximum absolute atomic E-state index is 11.7. The van der Waals surface area contributed by atoms with E-state index in [2.05, 4.69) is 24.5 Å². The molecule has 5 heteroatoms. The summed E-state index contributed by atoms with van der Waals surface area (Å²) in [4.78, 5) is 11.7. The highest BCUT2D eigenvalue weighted by Gasteiger charge is 2.20. The lowest BCUT2D eigenvalue weighted by molar-refractivity contribution is 0.0490. The summed E-state index contributed by atoms with van der Waals surface area (Å²) >= 11 is 0. The standard InChI is InChI=1S/C13H29N3O2/c1-10(2)11(9-15-8-6-7-14)16-12(17)18-13(3,4)5/h10-11,15H,6-9,14H2,1-5H3,(H,16,17). The third-order valence-corrected chi connectivity index (χ3v) is 2.43. The highest BCUT2D eigenvalue weighted by Crippen LogP contribution is 2.08. The number of carbonyl (C=O) groups is 1. The number of hydrogen-bond acceptors (Lipinski definition) is 4. The number of nitrogens with two attached hydrogens (primary N) is 1. The smallest absolute Gasteiger partial charge is 0.407 e.